The summed E-state index contributed by atoms with van der Waals surface area (Å²) >= 11 is 0. The van der Waals surface area contributed by atoms with Crippen LogP contribution in [0, 0.1) is 6.92 Å². The van der Waals surface area contributed by atoms with Crippen molar-refractivity contribution in [3.05, 3.63) is 58.8 Å². The smallest absolute Gasteiger partial charge is 0.273 e. The van der Waals surface area contributed by atoms with E-state index in [1.54, 1.807) is 17.0 Å². The first-order valence-electron chi connectivity index (χ1n) is 13.5. The molecule has 1 saturated heterocycles. The van der Waals surface area contributed by atoms with E-state index in [0.717, 1.165) is 30.4 Å². The minimum Gasteiger partial charge on any atom is -0.507 e. The monoisotopic (exact) mass is 553 g/mol. The van der Waals surface area contributed by atoms with Crippen molar-refractivity contribution in [2.75, 3.05) is 24.7 Å². The number of hydrogen-bond donors (Lipinski definition) is 2. The highest BCUT2D eigenvalue weighted by Crippen LogP contribution is 2.47. The fourth-order valence-electron chi connectivity index (χ4n) is 5.53. The van der Waals surface area contributed by atoms with Crippen molar-refractivity contribution in [1.82, 2.24) is 15.1 Å². The number of carbonyl (C=O) groups excluding carboxylic acids is 1. The van der Waals surface area contributed by atoms with Gasteiger partial charge in [0.25, 0.3) is 5.91 Å². The molecule has 2 aliphatic heterocycles. The number of H-pyrrole nitrogens is 1. The van der Waals surface area contributed by atoms with Gasteiger partial charge in [-0.3, -0.25) is 9.89 Å². The molecule has 0 saturated carbocycles. The third-order valence-electron chi connectivity index (χ3n) is 7.40. The van der Waals surface area contributed by atoms with Gasteiger partial charge in [0.05, 0.1) is 30.8 Å². The van der Waals surface area contributed by atoms with Gasteiger partial charge in [0.15, 0.2) is 21.3 Å². The maximum Gasteiger partial charge on any atom is 0.273 e. The van der Waals surface area contributed by atoms with Crippen LogP contribution in [0.3, 0.4) is 0 Å². The number of sulfone groups is 1. The zero-order valence-corrected chi connectivity index (χ0v) is 23.4. The topological polar surface area (TPSA) is 122 Å². The van der Waals surface area contributed by atoms with Crippen molar-refractivity contribution in [2.45, 2.75) is 58.5 Å². The Hall–Kier alpha value is -3.53. The van der Waals surface area contributed by atoms with E-state index in [0.29, 0.717) is 53.6 Å². The Labute approximate surface area is 229 Å². The van der Waals surface area contributed by atoms with Crippen molar-refractivity contribution in [3.63, 3.8) is 0 Å². The van der Waals surface area contributed by atoms with Crippen LogP contribution in [-0.2, 0) is 9.84 Å². The van der Waals surface area contributed by atoms with E-state index in [2.05, 4.69) is 17.1 Å². The summed E-state index contributed by atoms with van der Waals surface area (Å²) in [5.41, 5.74) is 3.58. The van der Waals surface area contributed by atoms with Crippen LogP contribution in [-0.4, -0.2) is 65.3 Å². The van der Waals surface area contributed by atoms with Gasteiger partial charge in [0.1, 0.15) is 17.1 Å². The van der Waals surface area contributed by atoms with E-state index in [9.17, 15) is 18.3 Å². The molecule has 0 spiro atoms. The number of hydrogen-bond acceptors (Lipinski definition) is 7. The molecular formula is C29H35N3O6S. The summed E-state index contributed by atoms with van der Waals surface area (Å²) in [7, 11) is -3.25. The van der Waals surface area contributed by atoms with E-state index in [1.165, 1.54) is 0 Å². The van der Waals surface area contributed by atoms with Crippen molar-refractivity contribution in [1.29, 1.82) is 0 Å². The number of fused-ring (bicyclic) bond motifs is 1. The number of phenols is 1. The van der Waals surface area contributed by atoms with Gasteiger partial charge in [-0.2, -0.15) is 5.10 Å². The number of phenolic OH excluding ortho intramolecular Hbond substituents is 1. The van der Waals surface area contributed by atoms with E-state index in [1.807, 2.05) is 38.1 Å². The largest absolute Gasteiger partial charge is 0.507 e. The van der Waals surface area contributed by atoms with Crippen LogP contribution < -0.4 is 9.47 Å². The van der Waals surface area contributed by atoms with Crippen LogP contribution in [0.15, 0.2) is 36.4 Å². The third kappa shape index (κ3) is 5.22. The first-order chi connectivity index (χ1) is 18.7. The molecule has 3 aromatic rings. The van der Waals surface area contributed by atoms with Crippen molar-refractivity contribution < 1.29 is 27.8 Å². The zero-order valence-electron chi connectivity index (χ0n) is 22.6. The highest BCUT2D eigenvalue weighted by atomic mass is 32.2. The minimum absolute atomic E-state index is 0.0423. The molecule has 208 valence electrons. The lowest BCUT2D eigenvalue weighted by atomic mass is 9.94. The molecule has 1 aromatic heterocycles. The van der Waals surface area contributed by atoms with Gasteiger partial charge in [0, 0.05) is 17.2 Å². The maximum absolute atomic E-state index is 13.8. The van der Waals surface area contributed by atoms with Gasteiger partial charge in [-0.05, 0) is 56.5 Å². The van der Waals surface area contributed by atoms with Crippen LogP contribution in [0.5, 0.6) is 17.2 Å². The average Bonchev–Trinajstić information content (AvgIpc) is 3.57. The number of aromatic nitrogens is 2. The lowest BCUT2D eigenvalue weighted by molar-refractivity contribution is 0.0677. The molecule has 5 rings (SSSR count). The van der Waals surface area contributed by atoms with Gasteiger partial charge < -0.3 is 19.5 Å². The molecule has 0 aliphatic carbocycles. The molecule has 2 aliphatic rings. The summed E-state index contributed by atoms with van der Waals surface area (Å²) in [4.78, 5) is 15.5. The second-order valence-electron chi connectivity index (χ2n) is 10.2. The standard InChI is InChI=1S/C29H35N3O6S/c1-4-6-7-13-38-23-11-9-19(16-24(23)37-5-2)28-25-26(21-15-18(3)8-10-22(21)33)30-31-27(25)29(34)32(28)20-12-14-39(35,36)17-20/h8-11,15-16,20,28,33H,4-7,12-14,17H2,1-3H3,(H,30,31). The number of amides is 1. The number of aromatic amines is 1. The van der Waals surface area contributed by atoms with Crippen molar-refractivity contribution >= 4 is 15.7 Å². The molecule has 2 aromatic carbocycles. The average molecular weight is 554 g/mol. The summed E-state index contributed by atoms with van der Waals surface area (Å²) in [6, 6.07) is 9.76. The van der Waals surface area contributed by atoms with E-state index in [-0.39, 0.29) is 23.2 Å². The number of nitrogens with zero attached hydrogens (tertiary/aromatic N) is 2. The highest BCUT2D eigenvalue weighted by molar-refractivity contribution is 7.91. The number of aryl methyl sites for hydroxylation is 1. The number of carbonyl (C=O) groups is 1. The van der Waals surface area contributed by atoms with Gasteiger partial charge in [-0.25, -0.2) is 8.42 Å². The number of benzene rings is 2. The molecule has 1 fully saturated rings. The Morgan fingerprint density at radius 3 is 2.64 bits per heavy atom. The fourth-order valence-corrected chi connectivity index (χ4v) is 7.24. The molecule has 39 heavy (non-hydrogen) atoms. The maximum atomic E-state index is 13.8. The molecule has 0 bridgehead atoms. The van der Waals surface area contributed by atoms with Crippen molar-refractivity contribution in [2.24, 2.45) is 0 Å². The fraction of sp³-hybridized carbons (Fsp3) is 0.448. The Balaban J connectivity index is 1.62. The van der Waals surface area contributed by atoms with Gasteiger partial charge >= 0.3 is 0 Å². The van der Waals surface area contributed by atoms with E-state index < -0.39 is 21.9 Å². The Bertz CT molecular complexity index is 1480. The summed E-state index contributed by atoms with van der Waals surface area (Å²) < 4.78 is 36.8. The molecule has 10 heteroatoms. The molecule has 1 amide bonds. The molecule has 9 nitrogen and oxygen atoms in total. The molecule has 0 radical (unpaired) electrons. The number of ether oxygens (including phenoxy) is 2. The lowest BCUT2D eigenvalue weighted by Gasteiger charge is -2.31. The normalized spacial score (nSPS) is 19.9. The Kier molecular flexibility index (Phi) is 7.57. The minimum atomic E-state index is -3.25. The van der Waals surface area contributed by atoms with Crippen LogP contribution in [0.25, 0.3) is 11.3 Å². The lowest BCUT2D eigenvalue weighted by Crippen LogP contribution is -2.40. The predicted molar refractivity (Wildman–Crippen MR) is 148 cm³/mol. The second-order valence-corrected chi connectivity index (χ2v) is 12.5. The highest BCUT2D eigenvalue weighted by Gasteiger charge is 2.48. The number of unbranched alkanes of at least 4 members (excludes halogenated alkanes) is 2. The van der Waals surface area contributed by atoms with E-state index >= 15 is 0 Å². The molecule has 3 heterocycles. The first-order valence-corrected chi connectivity index (χ1v) is 15.4. The van der Waals surface area contributed by atoms with Crippen LogP contribution in [0.4, 0.5) is 0 Å². The number of aromatic hydroxyl groups is 1. The SMILES string of the molecule is CCCCCOc1ccc(C2c3c(-c4cc(C)ccc4O)n[nH]c3C(=O)N2C2CCS(=O)(=O)C2)cc1OCC. The molecule has 2 N–H and O–H groups in total. The first kappa shape index (κ1) is 27.1. The van der Waals surface area contributed by atoms with Gasteiger partial charge in [-0.15, -0.1) is 0 Å². The van der Waals surface area contributed by atoms with Crippen LogP contribution in [0.2, 0.25) is 0 Å². The predicted octanol–water partition coefficient (Wildman–Crippen LogP) is 4.79. The Morgan fingerprint density at radius 1 is 1.10 bits per heavy atom. The Morgan fingerprint density at radius 2 is 1.92 bits per heavy atom. The summed E-state index contributed by atoms with van der Waals surface area (Å²) in [6.45, 7) is 6.96. The van der Waals surface area contributed by atoms with Crippen LogP contribution in [0.1, 0.15) is 72.8 Å². The summed E-state index contributed by atoms with van der Waals surface area (Å²) in [5, 5.41) is 18.1. The van der Waals surface area contributed by atoms with E-state index in [4.69, 9.17) is 9.47 Å². The number of nitrogens with one attached hydrogen (secondary N) is 1. The second kappa shape index (κ2) is 10.9. The molecule has 2 unspecified atom stereocenters. The van der Waals surface area contributed by atoms with Crippen LogP contribution >= 0.6 is 0 Å². The molecular weight excluding hydrogens is 518 g/mol. The molecule has 2 atom stereocenters. The van der Waals surface area contributed by atoms with Gasteiger partial charge in [0.2, 0.25) is 0 Å². The van der Waals surface area contributed by atoms with Crippen molar-refractivity contribution in [3.8, 4) is 28.5 Å². The van der Waals surface area contributed by atoms with Gasteiger partial charge in [-0.1, -0.05) is 37.5 Å². The third-order valence-corrected chi connectivity index (χ3v) is 9.15. The summed E-state index contributed by atoms with van der Waals surface area (Å²) in [6.07, 6.45) is 3.47. The zero-order chi connectivity index (χ0) is 27.7. The number of rotatable bonds is 10. The quantitative estimate of drug-likeness (QED) is 0.346. The summed E-state index contributed by atoms with van der Waals surface area (Å²) in [5.74, 6) is 0.889.